The Balaban J connectivity index is 1.67. The Morgan fingerprint density at radius 2 is 2.00 bits per heavy atom. The highest BCUT2D eigenvalue weighted by atomic mass is 19.4. The molecule has 1 aliphatic heterocycles. The van der Waals surface area contributed by atoms with Gasteiger partial charge >= 0.3 is 6.36 Å². The maximum Gasteiger partial charge on any atom is 0.573 e. The van der Waals surface area contributed by atoms with Crippen LogP contribution in [-0.2, 0) is 4.74 Å². The summed E-state index contributed by atoms with van der Waals surface area (Å²) in [5.74, 6) is 0.342. The summed E-state index contributed by atoms with van der Waals surface area (Å²) in [6.45, 7) is 1.31. The van der Waals surface area contributed by atoms with Crippen LogP contribution in [0.2, 0.25) is 0 Å². The number of nitrogens with zero attached hydrogens (tertiary/aromatic N) is 4. The van der Waals surface area contributed by atoms with Crippen LogP contribution in [0.5, 0.6) is 5.75 Å². The molecule has 1 aliphatic rings. The summed E-state index contributed by atoms with van der Waals surface area (Å²) in [4.78, 5) is 12.8. The number of hydrogen-bond donors (Lipinski definition) is 2. The van der Waals surface area contributed by atoms with Gasteiger partial charge in [0.1, 0.15) is 12.1 Å². The molecule has 1 saturated heterocycles. The fraction of sp³-hybridized carbons (Fsp3) is 0.353. The van der Waals surface area contributed by atoms with E-state index in [1.807, 2.05) is 0 Å². The van der Waals surface area contributed by atoms with Crippen molar-refractivity contribution in [3.8, 4) is 11.7 Å². The number of benzene rings is 1. The maximum atomic E-state index is 12.5. The van der Waals surface area contributed by atoms with Gasteiger partial charge in [0.2, 0.25) is 5.95 Å². The third-order valence-corrected chi connectivity index (χ3v) is 4.33. The third-order valence-electron chi connectivity index (χ3n) is 4.33. The number of nitrogens with two attached hydrogens (primary N) is 1. The minimum atomic E-state index is -4.78. The summed E-state index contributed by atoms with van der Waals surface area (Å²) in [5, 5.41) is 3.28. The van der Waals surface area contributed by atoms with Crippen molar-refractivity contribution in [2.75, 3.05) is 24.3 Å². The fourth-order valence-corrected chi connectivity index (χ4v) is 2.99. The number of nitrogens with one attached hydrogen (secondary N) is 1. The van der Waals surface area contributed by atoms with Crippen molar-refractivity contribution in [1.82, 2.24) is 19.5 Å². The molecule has 3 N–H and O–H groups in total. The lowest BCUT2D eigenvalue weighted by molar-refractivity contribution is -0.274. The van der Waals surface area contributed by atoms with Crippen molar-refractivity contribution in [3.63, 3.8) is 0 Å². The van der Waals surface area contributed by atoms with Crippen LogP contribution in [0.4, 0.5) is 24.7 Å². The molecule has 1 fully saturated rings. The quantitative estimate of drug-likeness (QED) is 0.702. The van der Waals surface area contributed by atoms with Gasteiger partial charge in [-0.05, 0) is 25.0 Å². The minimum absolute atomic E-state index is 0.171. The van der Waals surface area contributed by atoms with Gasteiger partial charge in [-0.1, -0.05) is 0 Å². The SMILES string of the molecule is Nc1cnc(-n2cnc3ccc(OC(F)(F)F)cc32)nc1NC1CCOCC1. The summed E-state index contributed by atoms with van der Waals surface area (Å²) in [6.07, 6.45) is -0.245. The Morgan fingerprint density at radius 3 is 2.75 bits per heavy atom. The Kier molecular flexibility index (Phi) is 4.67. The zero-order valence-corrected chi connectivity index (χ0v) is 14.6. The first-order valence-electron chi connectivity index (χ1n) is 8.59. The molecule has 0 unspecified atom stereocenters. The highest BCUT2D eigenvalue weighted by Gasteiger charge is 2.31. The molecule has 0 atom stereocenters. The Hall–Kier alpha value is -3.08. The van der Waals surface area contributed by atoms with E-state index in [1.165, 1.54) is 35.3 Å². The van der Waals surface area contributed by atoms with E-state index in [0.29, 0.717) is 35.8 Å². The number of fused-ring (bicyclic) bond motifs is 1. The van der Waals surface area contributed by atoms with Gasteiger partial charge in [0, 0.05) is 25.3 Å². The van der Waals surface area contributed by atoms with Gasteiger partial charge < -0.3 is 20.5 Å². The lowest BCUT2D eigenvalue weighted by Crippen LogP contribution is -2.28. The lowest BCUT2D eigenvalue weighted by Gasteiger charge is -2.24. The van der Waals surface area contributed by atoms with Crippen LogP contribution in [0.1, 0.15) is 12.8 Å². The van der Waals surface area contributed by atoms with Crippen LogP contribution < -0.4 is 15.8 Å². The molecule has 3 aromatic rings. The zero-order valence-electron chi connectivity index (χ0n) is 14.6. The monoisotopic (exact) mass is 394 g/mol. The van der Waals surface area contributed by atoms with Crippen LogP contribution in [0.15, 0.2) is 30.7 Å². The van der Waals surface area contributed by atoms with E-state index in [-0.39, 0.29) is 17.7 Å². The number of aromatic nitrogens is 4. The summed E-state index contributed by atoms with van der Waals surface area (Å²) in [7, 11) is 0. The molecule has 0 aliphatic carbocycles. The van der Waals surface area contributed by atoms with Gasteiger partial charge in [-0.3, -0.25) is 4.57 Å². The molecule has 3 heterocycles. The smallest absolute Gasteiger partial charge is 0.406 e. The van der Waals surface area contributed by atoms with Gasteiger partial charge in [0.05, 0.1) is 22.9 Å². The van der Waals surface area contributed by atoms with Gasteiger partial charge in [0.15, 0.2) is 5.82 Å². The number of alkyl halides is 3. The number of halogens is 3. The Bertz CT molecular complexity index is 985. The number of imidazole rings is 1. The van der Waals surface area contributed by atoms with Crippen molar-refractivity contribution in [3.05, 3.63) is 30.7 Å². The summed E-state index contributed by atoms with van der Waals surface area (Å²) < 4.78 is 48.3. The van der Waals surface area contributed by atoms with Crippen LogP contribution in [0.25, 0.3) is 17.0 Å². The fourth-order valence-electron chi connectivity index (χ4n) is 2.99. The highest BCUT2D eigenvalue weighted by molar-refractivity contribution is 5.78. The Morgan fingerprint density at radius 1 is 1.21 bits per heavy atom. The second-order valence-corrected chi connectivity index (χ2v) is 6.32. The molecule has 8 nitrogen and oxygen atoms in total. The van der Waals surface area contributed by atoms with Gasteiger partial charge in [-0.25, -0.2) is 9.97 Å². The van der Waals surface area contributed by atoms with Crippen molar-refractivity contribution < 1.29 is 22.6 Å². The average molecular weight is 394 g/mol. The molecule has 1 aromatic carbocycles. The normalized spacial score (nSPS) is 15.7. The van der Waals surface area contributed by atoms with Crippen molar-refractivity contribution in [2.45, 2.75) is 25.2 Å². The number of ether oxygens (including phenoxy) is 2. The molecular formula is C17H17F3N6O2. The van der Waals surface area contributed by atoms with Crippen molar-refractivity contribution in [1.29, 1.82) is 0 Å². The topological polar surface area (TPSA) is 100 Å². The average Bonchev–Trinajstić information content (AvgIpc) is 3.06. The first-order chi connectivity index (χ1) is 13.4. The first-order valence-corrected chi connectivity index (χ1v) is 8.59. The number of rotatable bonds is 4. The van der Waals surface area contributed by atoms with E-state index in [1.54, 1.807) is 0 Å². The number of nitrogen functional groups attached to an aromatic ring is 1. The van der Waals surface area contributed by atoms with Gasteiger partial charge in [0.25, 0.3) is 0 Å². The second-order valence-electron chi connectivity index (χ2n) is 6.32. The molecule has 28 heavy (non-hydrogen) atoms. The molecule has 148 valence electrons. The van der Waals surface area contributed by atoms with Gasteiger partial charge in [-0.15, -0.1) is 13.2 Å². The van der Waals surface area contributed by atoms with Crippen molar-refractivity contribution in [2.24, 2.45) is 0 Å². The Labute approximate surface area is 157 Å². The van der Waals surface area contributed by atoms with Crippen LogP contribution in [0, 0.1) is 0 Å². The molecule has 0 spiro atoms. The van der Waals surface area contributed by atoms with Crippen LogP contribution in [-0.4, -0.2) is 45.1 Å². The molecule has 11 heteroatoms. The molecule has 0 bridgehead atoms. The molecular weight excluding hydrogens is 377 g/mol. The number of hydrogen-bond acceptors (Lipinski definition) is 7. The van der Waals surface area contributed by atoms with Crippen LogP contribution >= 0.6 is 0 Å². The first kappa shape index (κ1) is 18.3. The van der Waals surface area contributed by atoms with E-state index in [4.69, 9.17) is 10.5 Å². The van der Waals surface area contributed by atoms with E-state index in [2.05, 4.69) is 25.0 Å². The minimum Gasteiger partial charge on any atom is -0.406 e. The van der Waals surface area contributed by atoms with E-state index in [9.17, 15) is 13.2 Å². The zero-order chi connectivity index (χ0) is 19.7. The van der Waals surface area contributed by atoms with Crippen molar-refractivity contribution >= 4 is 22.5 Å². The summed E-state index contributed by atoms with van der Waals surface area (Å²) in [5.41, 5.74) is 7.21. The molecule has 0 saturated carbocycles. The predicted molar refractivity (Wildman–Crippen MR) is 95.2 cm³/mol. The second kappa shape index (κ2) is 7.15. The molecule has 4 rings (SSSR count). The summed E-state index contributed by atoms with van der Waals surface area (Å²) in [6, 6.07) is 4.05. The van der Waals surface area contributed by atoms with E-state index in [0.717, 1.165) is 12.8 Å². The molecule has 2 aromatic heterocycles. The largest absolute Gasteiger partial charge is 0.573 e. The summed E-state index contributed by atoms with van der Waals surface area (Å²) >= 11 is 0. The maximum absolute atomic E-state index is 12.5. The molecule has 0 radical (unpaired) electrons. The lowest BCUT2D eigenvalue weighted by atomic mass is 10.1. The van der Waals surface area contributed by atoms with E-state index >= 15 is 0 Å². The highest BCUT2D eigenvalue weighted by Crippen LogP contribution is 2.27. The standard InChI is InChI=1S/C17H17F3N6O2/c18-17(19,20)28-11-1-2-13-14(7-11)26(9-23-13)16-22-8-12(21)15(25-16)24-10-3-5-27-6-4-10/h1-2,7-10H,3-6,21H2,(H,22,24,25). The predicted octanol–water partition coefficient (Wildman–Crippen LogP) is 2.89. The third kappa shape index (κ3) is 3.93. The molecule has 0 amide bonds. The van der Waals surface area contributed by atoms with Gasteiger partial charge in [-0.2, -0.15) is 4.98 Å². The van der Waals surface area contributed by atoms with Crippen LogP contribution in [0.3, 0.4) is 0 Å². The number of anilines is 2. The van der Waals surface area contributed by atoms with E-state index < -0.39 is 6.36 Å².